The SMILES string of the molecule is CC1=NN(c2ccccc2)C(=O)C1C1=Nc2ccccc2NC(c2ccccc2)C1. The van der Waals surface area contributed by atoms with Crippen molar-refractivity contribution < 1.29 is 4.79 Å². The van der Waals surface area contributed by atoms with Gasteiger partial charge in [0.05, 0.1) is 28.8 Å². The fraction of sp³-hybridized carbons (Fsp3) is 0.160. The standard InChI is InChI=1S/C25H22N4O/c1-17-24(25(30)29(28-17)19-12-6-3-7-13-19)23-16-22(18-10-4-2-5-11-18)26-20-14-8-9-15-21(20)27-23/h2-15,22,24,26H,16H2,1H3. The molecule has 5 heteroatoms. The second-order valence-corrected chi connectivity index (χ2v) is 7.59. The Kier molecular flexibility index (Phi) is 4.64. The summed E-state index contributed by atoms with van der Waals surface area (Å²) in [5.41, 5.74) is 5.38. The first kappa shape index (κ1) is 18.3. The lowest BCUT2D eigenvalue weighted by Crippen LogP contribution is -2.33. The Morgan fingerprint density at radius 3 is 2.33 bits per heavy atom. The van der Waals surface area contributed by atoms with Crippen molar-refractivity contribution in [1.29, 1.82) is 0 Å². The Morgan fingerprint density at radius 1 is 0.900 bits per heavy atom. The van der Waals surface area contributed by atoms with Crippen LogP contribution in [0.2, 0.25) is 0 Å². The van der Waals surface area contributed by atoms with Crippen LogP contribution in [-0.2, 0) is 4.79 Å². The lowest BCUT2D eigenvalue weighted by molar-refractivity contribution is -0.118. The predicted octanol–water partition coefficient (Wildman–Crippen LogP) is 5.35. The number of hydrogen-bond donors (Lipinski definition) is 1. The highest BCUT2D eigenvalue weighted by Gasteiger charge is 2.39. The van der Waals surface area contributed by atoms with Crippen molar-refractivity contribution in [3.63, 3.8) is 0 Å². The topological polar surface area (TPSA) is 57.1 Å². The van der Waals surface area contributed by atoms with Gasteiger partial charge in [0, 0.05) is 12.1 Å². The fourth-order valence-corrected chi connectivity index (χ4v) is 4.11. The third-order valence-electron chi connectivity index (χ3n) is 5.58. The van der Waals surface area contributed by atoms with E-state index in [-0.39, 0.29) is 11.9 Å². The van der Waals surface area contributed by atoms with Crippen LogP contribution in [0.4, 0.5) is 17.1 Å². The molecule has 1 N–H and O–H groups in total. The van der Waals surface area contributed by atoms with E-state index in [1.165, 1.54) is 10.6 Å². The zero-order chi connectivity index (χ0) is 20.5. The molecule has 0 radical (unpaired) electrons. The van der Waals surface area contributed by atoms with Crippen molar-refractivity contribution in [3.05, 3.63) is 90.5 Å². The number of nitrogens with zero attached hydrogens (tertiary/aromatic N) is 3. The van der Waals surface area contributed by atoms with Crippen LogP contribution in [-0.4, -0.2) is 17.3 Å². The number of fused-ring (bicyclic) bond motifs is 1. The van der Waals surface area contributed by atoms with E-state index in [1.54, 1.807) is 0 Å². The molecule has 0 spiro atoms. The highest BCUT2D eigenvalue weighted by atomic mass is 16.2. The predicted molar refractivity (Wildman–Crippen MR) is 121 cm³/mol. The summed E-state index contributed by atoms with van der Waals surface area (Å²) in [5.74, 6) is -0.506. The summed E-state index contributed by atoms with van der Waals surface area (Å²) in [5, 5.41) is 9.71. The molecule has 148 valence electrons. The maximum atomic E-state index is 13.4. The quantitative estimate of drug-likeness (QED) is 0.651. The van der Waals surface area contributed by atoms with E-state index in [2.05, 4.69) is 22.6 Å². The molecule has 0 fully saturated rings. The number of amides is 1. The highest BCUT2D eigenvalue weighted by molar-refractivity contribution is 6.28. The molecule has 0 bridgehead atoms. The Morgan fingerprint density at radius 2 is 1.57 bits per heavy atom. The van der Waals surface area contributed by atoms with Crippen LogP contribution < -0.4 is 10.3 Å². The van der Waals surface area contributed by atoms with Gasteiger partial charge in [0.1, 0.15) is 5.92 Å². The summed E-state index contributed by atoms with van der Waals surface area (Å²) >= 11 is 0. The fourth-order valence-electron chi connectivity index (χ4n) is 4.11. The number of hydrogen-bond acceptors (Lipinski definition) is 4. The number of para-hydroxylation sites is 3. The summed E-state index contributed by atoms with van der Waals surface area (Å²) in [7, 11) is 0. The van der Waals surface area contributed by atoms with E-state index in [1.807, 2.05) is 79.7 Å². The number of hydrazone groups is 1. The molecule has 2 atom stereocenters. The normalized spacial score (nSPS) is 20.7. The van der Waals surface area contributed by atoms with E-state index >= 15 is 0 Å². The van der Waals surface area contributed by atoms with Crippen LogP contribution in [0.25, 0.3) is 0 Å². The van der Waals surface area contributed by atoms with Crippen LogP contribution in [0.15, 0.2) is 95.0 Å². The Bertz CT molecular complexity index is 1140. The molecule has 30 heavy (non-hydrogen) atoms. The van der Waals surface area contributed by atoms with Crippen LogP contribution in [0, 0.1) is 5.92 Å². The molecule has 2 aliphatic heterocycles. The van der Waals surface area contributed by atoms with Crippen molar-refractivity contribution in [3.8, 4) is 0 Å². The molecule has 0 aliphatic carbocycles. The van der Waals surface area contributed by atoms with Gasteiger partial charge in [0.2, 0.25) is 0 Å². The minimum atomic E-state index is -0.454. The maximum absolute atomic E-state index is 13.4. The minimum absolute atomic E-state index is 0.0278. The zero-order valence-corrected chi connectivity index (χ0v) is 16.7. The lowest BCUT2D eigenvalue weighted by Gasteiger charge is -2.21. The smallest absolute Gasteiger partial charge is 0.261 e. The van der Waals surface area contributed by atoms with Crippen LogP contribution >= 0.6 is 0 Å². The van der Waals surface area contributed by atoms with Gasteiger partial charge in [-0.15, -0.1) is 0 Å². The number of anilines is 2. The lowest BCUT2D eigenvalue weighted by atomic mass is 9.91. The van der Waals surface area contributed by atoms with E-state index in [4.69, 9.17) is 4.99 Å². The van der Waals surface area contributed by atoms with E-state index < -0.39 is 5.92 Å². The Labute approximate surface area is 175 Å². The van der Waals surface area contributed by atoms with Gasteiger partial charge >= 0.3 is 0 Å². The summed E-state index contributed by atoms with van der Waals surface area (Å²) in [6.45, 7) is 1.91. The molecule has 3 aromatic carbocycles. The number of carbonyl (C=O) groups is 1. The molecular formula is C25H22N4O. The van der Waals surface area contributed by atoms with Crippen molar-refractivity contribution in [2.45, 2.75) is 19.4 Å². The molecular weight excluding hydrogens is 372 g/mol. The maximum Gasteiger partial charge on any atom is 0.261 e. The molecule has 0 aromatic heterocycles. The van der Waals surface area contributed by atoms with Crippen LogP contribution in [0.1, 0.15) is 24.9 Å². The monoisotopic (exact) mass is 394 g/mol. The third-order valence-corrected chi connectivity index (χ3v) is 5.58. The summed E-state index contributed by atoms with van der Waals surface area (Å²) in [4.78, 5) is 18.3. The van der Waals surface area contributed by atoms with Crippen LogP contribution in [0.5, 0.6) is 0 Å². The second-order valence-electron chi connectivity index (χ2n) is 7.59. The van der Waals surface area contributed by atoms with E-state index in [0.29, 0.717) is 6.42 Å². The molecule has 5 rings (SSSR count). The van der Waals surface area contributed by atoms with Gasteiger partial charge in [-0.05, 0) is 36.8 Å². The first-order chi connectivity index (χ1) is 14.7. The average molecular weight is 394 g/mol. The first-order valence-electron chi connectivity index (χ1n) is 10.1. The Hall–Kier alpha value is -3.73. The molecule has 2 unspecified atom stereocenters. The number of carbonyl (C=O) groups excluding carboxylic acids is 1. The van der Waals surface area contributed by atoms with Gasteiger partial charge < -0.3 is 5.32 Å². The van der Waals surface area contributed by atoms with Gasteiger partial charge in [0.25, 0.3) is 5.91 Å². The van der Waals surface area contributed by atoms with E-state index in [9.17, 15) is 4.79 Å². The number of nitrogens with one attached hydrogen (secondary N) is 1. The minimum Gasteiger partial charge on any atom is -0.376 e. The van der Waals surface area contributed by atoms with E-state index in [0.717, 1.165) is 28.5 Å². The second kappa shape index (κ2) is 7.59. The molecule has 3 aromatic rings. The van der Waals surface area contributed by atoms with Gasteiger partial charge in [-0.1, -0.05) is 60.7 Å². The third kappa shape index (κ3) is 3.28. The molecule has 2 heterocycles. The highest BCUT2D eigenvalue weighted by Crippen LogP contribution is 2.37. The van der Waals surface area contributed by atoms with Crippen molar-refractivity contribution in [2.75, 3.05) is 10.3 Å². The van der Waals surface area contributed by atoms with Gasteiger partial charge in [-0.2, -0.15) is 10.1 Å². The van der Waals surface area contributed by atoms with Gasteiger partial charge in [-0.25, -0.2) is 0 Å². The number of benzene rings is 3. The van der Waals surface area contributed by atoms with Crippen LogP contribution in [0.3, 0.4) is 0 Å². The first-order valence-corrected chi connectivity index (χ1v) is 10.1. The largest absolute Gasteiger partial charge is 0.376 e. The summed E-state index contributed by atoms with van der Waals surface area (Å²) in [6, 6.07) is 27.9. The number of aliphatic imine (C=N–C) groups is 1. The molecule has 2 aliphatic rings. The zero-order valence-electron chi connectivity index (χ0n) is 16.7. The Balaban J connectivity index is 1.55. The van der Waals surface area contributed by atoms with Gasteiger partial charge in [0.15, 0.2) is 0 Å². The molecule has 0 saturated heterocycles. The molecule has 1 amide bonds. The summed E-state index contributed by atoms with van der Waals surface area (Å²) in [6.07, 6.45) is 0.630. The van der Waals surface area contributed by atoms with Crippen molar-refractivity contribution in [1.82, 2.24) is 0 Å². The number of rotatable bonds is 3. The van der Waals surface area contributed by atoms with Gasteiger partial charge in [-0.3, -0.25) is 9.79 Å². The molecule has 5 nitrogen and oxygen atoms in total. The molecule has 0 saturated carbocycles. The van der Waals surface area contributed by atoms with Crippen molar-refractivity contribution in [2.24, 2.45) is 16.0 Å². The average Bonchev–Trinajstić information content (AvgIpc) is 2.96. The summed E-state index contributed by atoms with van der Waals surface area (Å²) < 4.78 is 0. The van der Waals surface area contributed by atoms with Crippen molar-refractivity contribution >= 4 is 34.4 Å².